The summed E-state index contributed by atoms with van der Waals surface area (Å²) in [5.74, 6) is -0.290. The van der Waals surface area contributed by atoms with E-state index in [1.807, 2.05) is 45.3 Å². The summed E-state index contributed by atoms with van der Waals surface area (Å²) < 4.78 is 20.7. The van der Waals surface area contributed by atoms with Crippen LogP contribution in [0.25, 0.3) is 22.2 Å². The lowest BCUT2D eigenvalue weighted by Gasteiger charge is -2.28. The molecule has 1 aromatic carbocycles. The summed E-state index contributed by atoms with van der Waals surface area (Å²) >= 11 is 0. The summed E-state index contributed by atoms with van der Waals surface area (Å²) in [5.41, 5.74) is 5.05. The number of aryl methyl sites for hydroxylation is 1. The molecule has 0 radical (unpaired) electrons. The van der Waals surface area contributed by atoms with Crippen LogP contribution in [0.3, 0.4) is 0 Å². The van der Waals surface area contributed by atoms with Gasteiger partial charge < -0.3 is 19.2 Å². The molecule has 5 rings (SSSR count). The number of H-pyrrole nitrogens is 1. The third kappa shape index (κ3) is 4.98. The van der Waals surface area contributed by atoms with Crippen LogP contribution in [0.2, 0.25) is 0 Å². The summed E-state index contributed by atoms with van der Waals surface area (Å²) in [4.78, 5) is 22.8. The van der Waals surface area contributed by atoms with E-state index in [4.69, 9.17) is 4.74 Å². The molecular formula is C26H29FN4O2. The maximum absolute atomic E-state index is 13.7. The molecule has 1 aliphatic rings. The van der Waals surface area contributed by atoms with Crippen molar-refractivity contribution in [3.05, 3.63) is 82.3 Å². The van der Waals surface area contributed by atoms with Crippen molar-refractivity contribution >= 4 is 16.7 Å². The van der Waals surface area contributed by atoms with Crippen molar-refractivity contribution in [1.82, 2.24) is 14.5 Å². The molecule has 1 saturated heterocycles. The molecule has 1 N–H and O–H groups in total. The number of halogens is 1. The molecule has 1 aliphatic heterocycles. The molecule has 33 heavy (non-hydrogen) atoms. The molecule has 0 bridgehead atoms. The Balaban J connectivity index is 0.00000126. The Morgan fingerprint density at radius 1 is 1.12 bits per heavy atom. The van der Waals surface area contributed by atoms with E-state index in [-0.39, 0.29) is 11.4 Å². The second kappa shape index (κ2) is 10.0. The van der Waals surface area contributed by atoms with E-state index < -0.39 is 0 Å². The number of aromatic nitrogens is 3. The van der Waals surface area contributed by atoms with Crippen molar-refractivity contribution in [2.24, 2.45) is 0 Å². The highest BCUT2D eigenvalue weighted by molar-refractivity contribution is 5.95. The van der Waals surface area contributed by atoms with Gasteiger partial charge in [0.25, 0.3) is 5.56 Å². The number of aromatic amines is 1. The number of ether oxygens (including phenoxy) is 1. The van der Waals surface area contributed by atoms with Crippen LogP contribution >= 0.6 is 0 Å². The molecule has 6 nitrogen and oxygen atoms in total. The average Bonchev–Trinajstić information content (AvgIpc) is 3.25. The van der Waals surface area contributed by atoms with Gasteiger partial charge in [0.2, 0.25) is 0 Å². The summed E-state index contributed by atoms with van der Waals surface area (Å²) in [6, 6.07) is 10.5. The Hall–Kier alpha value is -3.45. The molecule has 0 saturated carbocycles. The number of nitrogens with one attached hydrogen (secondary N) is 1. The zero-order valence-electron chi connectivity index (χ0n) is 19.3. The monoisotopic (exact) mass is 448 g/mol. The Kier molecular flexibility index (Phi) is 6.89. The number of rotatable bonds is 4. The van der Waals surface area contributed by atoms with Crippen LogP contribution in [0.5, 0.6) is 0 Å². The van der Waals surface area contributed by atoms with Gasteiger partial charge >= 0.3 is 0 Å². The van der Waals surface area contributed by atoms with Crippen LogP contribution in [0.15, 0.2) is 59.8 Å². The van der Waals surface area contributed by atoms with Gasteiger partial charge in [-0.1, -0.05) is 19.9 Å². The van der Waals surface area contributed by atoms with Gasteiger partial charge in [-0.15, -0.1) is 0 Å². The maximum atomic E-state index is 13.7. The molecule has 0 amide bonds. The maximum Gasteiger partial charge on any atom is 0.251 e. The predicted molar refractivity (Wildman–Crippen MR) is 130 cm³/mol. The molecule has 0 aliphatic carbocycles. The first-order chi connectivity index (χ1) is 16.1. The Labute approximate surface area is 192 Å². The van der Waals surface area contributed by atoms with Crippen LogP contribution in [0.4, 0.5) is 10.1 Å². The van der Waals surface area contributed by atoms with Crippen LogP contribution in [-0.2, 0) is 11.3 Å². The first-order valence-electron chi connectivity index (χ1n) is 11.3. The topological polar surface area (TPSA) is 63.1 Å². The molecule has 0 atom stereocenters. The van der Waals surface area contributed by atoms with Crippen molar-refractivity contribution in [2.45, 2.75) is 27.3 Å². The third-order valence-electron chi connectivity index (χ3n) is 5.65. The minimum Gasteiger partial charge on any atom is -0.378 e. The van der Waals surface area contributed by atoms with E-state index in [1.165, 1.54) is 12.1 Å². The quantitative estimate of drug-likeness (QED) is 0.489. The fourth-order valence-corrected chi connectivity index (χ4v) is 4.13. The Bertz CT molecular complexity index is 1290. The van der Waals surface area contributed by atoms with Crippen molar-refractivity contribution in [1.29, 1.82) is 0 Å². The molecule has 0 spiro atoms. The van der Waals surface area contributed by atoms with Gasteiger partial charge in [-0.3, -0.25) is 4.79 Å². The van der Waals surface area contributed by atoms with Gasteiger partial charge in [0.05, 0.1) is 31.6 Å². The van der Waals surface area contributed by atoms with Crippen molar-refractivity contribution in [2.75, 3.05) is 31.2 Å². The SMILES string of the molecule is CC.Cc1cc(F)cc(Cn2ccc(-c3c[nH]c4ncc(N5CCOCC5)cc34)cc2=O)c1. The van der Waals surface area contributed by atoms with Gasteiger partial charge in [-0.05, 0) is 47.9 Å². The largest absolute Gasteiger partial charge is 0.378 e. The number of pyridine rings is 2. The van der Waals surface area contributed by atoms with Crippen molar-refractivity contribution < 1.29 is 9.13 Å². The van der Waals surface area contributed by atoms with Gasteiger partial charge in [0.15, 0.2) is 0 Å². The normalized spacial score (nSPS) is 13.6. The minimum atomic E-state index is -0.290. The summed E-state index contributed by atoms with van der Waals surface area (Å²) in [6.45, 7) is 9.26. The van der Waals surface area contributed by atoms with Gasteiger partial charge in [-0.2, -0.15) is 0 Å². The highest BCUT2D eigenvalue weighted by atomic mass is 19.1. The first kappa shape index (κ1) is 22.7. The zero-order chi connectivity index (χ0) is 23.4. The lowest BCUT2D eigenvalue weighted by Crippen LogP contribution is -2.36. The van der Waals surface area contributed by atoms with Crippen LogP contribution < -0.4 is 10.5 Å². The molecule has 3 aromatic heterocycles. The fraction of sp³-hybridized carbons (Fsp3) is 0.308. The van der Waals surface area contributed by atoms with Crippen molar-refractivity contribution in [3.63, 3.8) is 0 Å². The molecule has 4 aromatic rings. The number of hydrogen-bond acceptors (Lipinski definition) is 4. The van der Waals surface area contributed by atoms with Crippen LogP contribution in [0, 0.1) is 12.7 Å². The lowest BCUT2D eigenvalue weighted by atomic mass is 10.1. The standard InChI is InChI=1S/C24H23FN4O2.C2H6/c1-16-8-17(10-19(25)9-16)15-29-3-2-18(11-23(29)30)22-14-27-24-21(22)12-20(13-26-24)28-4-6-31-7-5-28;1-2/h2-3,8-14H,4-7,15H2,1H3,(H,26,27);1-2H3. The molecule has 1 fully saturated rings. The second-order valence-corrected chi connectivity index (χ2v) is 7.91. The zero-order valence-corrected chi connectivity index (χ0v) is 19.3. The Morgan fingerprint density at radius 2 is 1.91 bits per heavy atom. The van der Waals surface area contributed by atoms with Gasteiger partial charge in [-0.25, -0.2) is 9.37 Å². The van der Waals surface area contributed by atoms with E-state index in [9.17, 15) is 9.18 Å². The summed E-state index contributed by atoms with van der Waals surface area (Å²) in [5, 5.41) is 0.974. The summed E-state index contributed by atoms with van der Waals surface area (Å²) in [7, 11) is 0. The molecular weight excluding hydrogens is 419 g/mol. The predicted octanol–water partition coefficient (Wildman–Crippen LogP) is 4.75. The fourth-order valence-electron chi connectivity index (χ4n) is 4.13. The number of morpholine rings is 1. The number of fused-ring (bicyclic) bond motifs is 1. The van der Waals surface area contributed by atoms with E-state index in [0.717, 1.165) is 52.1 Å². The van der Waals surface area contributed by atoms with E-state index in [0.29, 0.717) is 19.8 Å². The number of benzene rings is 1. The molecule has 172 valence electrons. The highest BCUT2D eigenvalue weighted by Crippen LogP contribution is 2.30. The first-order valence-corrected chi connectivity index (χ1v) is 11.3. The molecule has 4 heterocycles. The van der Waals surface area contributed by atoms with Crippen molar-refractivity contribution in [3.8, 4) is 11.1 Å². The molecule has 0 unspecified atom stereocenters. The van der Waals surface area contributed by atoms with E-state index in [2.05, 4.69) is 20.9 Å². The smallest absolute Gasteiger partial charge is 0.251 e. The second-order valence-electron chi connectivity index (χ2n) is 7.91. The average molecular weight is 449 g/mol. The lowest BCUT2D eigenvalue weighted by molar-refractivity contribution is 0.122. The van der Waals surface area contributed by atoms with Crippen LogP contribution in [0.1, 0.15) is 25.0 Å². The van der Waals surface area contributed by atoms with E-state index in [1.54, 1.807) is 16.8 Å². The van der Waals surface area contributed by atoms with Gasteiger partial charge in [0.1, 0.15) is 11.5 Å². The summed E-state index contributed by atoms with van der Waals surface area (Å²) in [6.07, 6.45) is 5.51. The van der Waals surface area contributed by atoms with Crippen LogP contribution in [-0.4, -0.2) is 40.8 Å². The third-order valence-corrected chi connectivity index (χ3v) is 5.65. The molecule has 7 heteroatoms. The minimum absolute atomic E-state index is 0.133. The number of nitrogens with zero attached hydrogens (tertiary/aromatic N) is 3. The van der Waals surface area contributed by atoms with Gasteiger partial charge in [0, 0.05) is 42.5 Å². The van der Waals surface area contributed by atoms with E-state index >= 15 is 0 Å². The Morgan fingerprint density at radius 3 is 2.64 bits per heavy atom. The number of anilines is 1. The number of hydrogen-bond donors (Lipinski definition) is 1. The highest BCUT2D eigenvalue weighted by Gasteiger charge is 2.15.